The molecule has 17 heavy (non-hydrogen) atoms. The molecule has 0 bridgehead atoms. The zero-order valence-corrected chi connectivity index (χ0v) is 9.00. The zero-order valence-electron chi connectivity index (χ0n) is 9.00. The molecule has 0 unspecified atom stereocenters. The molecule has 0 aliphatic heterocycles. The van der Waals surface area contributed by atoms with Crippen LogP contribution in [-0.4, -0.2) is 21.0 Å². The molecule has 6 nitrogen and oxygen atoms in total. The SMILES string of the molecule is Nc1ccc(-n2cccn2)c(CNC(=O)O)c1. The maximum absolute atomic E-state index is 10.5. The van der Waals surface area contributed by atoms with E-state index in [1.165, 1.54) is 0 Å². The molecule has 1 heterocycles. The van der Waals surface area contributed by atoms with Crippen molar-refractivity contribution < 1.29 is 9.90 Å². The molecule has 0 atom stereocenters. The molecule has 4 N–H and O–H groups in total. The van der Waals surface area contributed by atoms with E-state index in [1.807, 2.05) is 0 Å². The quantitative estimate of drug-likeness (QED) is 0.693. The molecule has 0 spiro atoms. The summed E-state index contributed by atoms with van der Waals surface area (Å²) in [5.41, 5.74) is 7.85. The van der Waals surface area contributed by atoms with Gasteiger partial charge in [0, 0.05) is 24.6 Å². The Morgan fingerprint density at radius 2 is 2.35 bits per heavy atom. The fourth-order valence-electron chi connectivity index (χ4n) is 1.55. The van der Waals surface area contributed by atoms with E-state index in [-0.39, 0.29) is 6.54 Å². The van der Waals surface area contributed by atoms with Crippen molar-refractivity contribution in [1.29, 1.82) is 0 Å². The predicted octanol–water partition coefficient (Wildman–Crippen LogP) is 1.22. The molecule has 2 aromatic rings. The molecule has 1 aromatic carbocycles. The van der Waals surface area contributed by atoms with Gasteiger partial charge in [0.1, 0.15) is 0 Å². The first kappa shape index (κ1) is 11.0. The average Bonchev–Trinajstić information content (AvgIpc) is 2.80. The summed E-state index contributed by atoms with van der Waals surface area (Å²) in [6, 6.07) is 7.08. The smallest absolute Gasteiger partial charge is 0.404 e. The van der Waals surface area contributed by atoms with Crippen LogP contribution in [0.3, 0.4) is 0 Å². The summed E-state index contributed by atoms with van der Waals surface area (Å²) < 4.78 is 1.66. The lowest BCUT2D eigenvalue weighted by atomic mass is 10.1. The third-order valence-electron chi connectivity index (χ3n) is 2.28. The van der Waals surface area contributed by atoms with Crippen molar-refractivity contribution >= 4 is 11.8 Å². The second kappa shape index (κ2) is 4.56. The number of amides is 1. The highest BCUT2D eigenvalue weighted by Gasteiger charge is 2.06. The Morgan fingerprint density at radius 3 is 3.00 bits per heavy atom. The van der Waals surface area contributed by atoms with Crippen LogP contribution in [0.1, 0.15) is 5.56 Å². The van der Waals surface area contributed by atoms with Gasteiger partial charge in [-0.15, -0.1) is 0 Å². The largest absolute Gasteiger partial charge is 0.465 e. The first-order valence-corrected chi connectivity index (χ1v) is 5.02. The van der Waals surface area contributed by atoms with Crippen LogP contribution >= 0.6 is 0 Å². The van der Waals surface area contributed by atoms with Crippen molar-refractivity contribution in [2.75, 3.05) is 5.73 Å². The number of nitrogens with two attached hydrogens (primary N) is 1. The van der Waals surface area contributed by atoms with E-state index >= 15 is 0 Å². The molecule has 0 radical (unpaired) electrons. The molecule has 2 rings (SSSR count). The van der Waals surface area contributed by atoms with Crippen LogP contribution in [0.4, 0.5) is 10.5 Å². The standard InChI is InChI=1S/C11H12N4O2/c12-9-2-3-10(15-5-1-4-14-15)8(6-9)7-13-11(16)17/h1-6,13H,7,12H2,(H,16,17). The number of carbonyl (C=O) groups is 1. The van der Waals surface area contributed by atoms with E-state index in [2.05, 4.69) is 10.4 Å². The molecule has 0 aliphatic rings. The second-order valence-corrected chi connectivity index (χ2v) is 3.50. The van der Waals surface area contributed by atoms with E-state index in [9.17, 15) is 4.79 Å². The molecule has 6 heteroatoms. The Hall–Kier alpha value is -2.50. The first-order valence-electron chi connectivity index (χ1n) is 5.02. The van der Waals surface area contributed by atoms with Gasteiger partial charge in [0.15, 0.2) is 0 Å². The maximum Gasteiger partial charge on any atom is 0.404 e. The van der Waals surface area contributed by atoms with Crippen LogP contribution in [0.5, 0.6) is 0 Å². The van der Waals surface area contributed by atoms with Crippen molar-refractivity contribution in [1.82, 2.24) is 15.1 Å². The monoisotopic (exact) mass is 232 g/mol. The van der Waals surface area contributed by atoms with Gasteiger partial charge in [0.2, 0.25) is 0 Å². The minimum atomic E-state index is -1.07. The molecular formula is C11H12N4O2. The lowest BCUT2D eigenvalue weighted by molar-refractivity contribution is 0.194. The van der Waals surface area contributed by atoms with Gasteiger partial charge in [-0.2, -0.15) is 5.10 Å². The number of nitrogen functional groups attached to an aromatic ring is 1. The number of hydrogen-bond donors (Lipinski definition) is 3. The highest BCUT2D eigenvalue weighted by Crippen LogP contribution is 2.17. The number of anilines is 1. The Balaban J connectivity index is 2.34. The molecule has 0 saturated heterocycles. The number of hydrogen-bond acceptors (Lipinski definition) is 3. The highest BCUT2D eigenvalue weighted by molar-refractivity contribution is 5.65. The Bertz CT molecular complexity index is 522. The van der Waals surface area contributed by atoms with Crippen LogP contribution in [0.25, 0.3) is 5.69 Å². The van der Waals surface area contributed by atoms with Crippen molar-refractivity contribution in [3.05, 3.63) is 42.2 Å². The van der Waals surface area contributed by atoms with E-state index in [1.54, 1.807) is 41.3 Å². The number of rotatable bonds is 3. The number of aromatic nitrogens is 2. The normalized spacial score (nSPS) is 10.1. The fraction of sp³-hybridized carbons (Fsp3) is 0.0909. The summed E-state index contributed by atoms with van der Waals surface area (Å²) in [5.74, 6) is 0. The number of benzene rings is 1. The molecule has 0 aliphatic carbocycles. The topological polar surface area (TPSA) is 93.2 Å². The van der Waals surface area contributed by atoms with Gasteiger partial charge < -0.3 is 16.2 Å². The Labute approximate surface area is 97.7 Å². The van der Waals surface area contributed by atoms with Crippen LogP contribution in [0.2, 0.25) is 0 Å². The van der Waals surface area contributed by atoms with Crippen LogP contribution in [0, 0.1) is 0 Å². The lowest BCUT2D eigenvalue weighted by Gasteiger charge is -2.10. The zero-order chi connectivity index (χ0) is 12.3. The fourth-order valence-corrected chi connectivity index (χ4v) is 1.55. The van der Waals surface area contributed by atoms with Gasteiger partial charge in [-0.3, -0.25) is 0 Å². The summed E-state index contributed by atoms with van der Waals surface area (Å²) in [6.45, 7) is 0.190. The highest BCUT2D eigenvalue weighted by atomic mass is 16.4. The molecule has 1 amide bonds. The van der Waals surface area contributed by atoms with Crippen LogP contribution in [0.15, 0.2) is 36.7 Å². The maximum atomic E-state index is 10.5. The molecule has 88 valence electrons. The minimum absolute atomic E-state index is 0.190. The van der Waals surface area contributed by atoms with Gasteiger partial charge in [0.05, 0.1) is 5.69 Å². The van der Waals surface area contributed by atoms with Crippen LogP contribution < -0.4 is 11.1 Å². The van der Waals surface area contributed by atoms with Crippen LogP contribution in [-0.2, 0) is 6.54 Å². The van der Waals surface area contributed by atoms with Crippen molar-refractivity contribution in [2.45, 2.75) is 6.54 Å². The predicted molar refractivity (Wildman–Crippen MR) is 62.8 cm³/mol. The molecule has 0 fully saturated rings. The van der Waals surface area contributed by atoms with E-state index in [0.29, 0.717) is 5.69 Å². The first-order chi connectivity index (χ1) is 8.16. The number of nitrogens with one attached hydrogen (secondary N) is 1. The summed E-state index contributed by atoms with van der Waals surface area (Å²) in [6.07, 6.45) is 2.37. The summed E-state index contributed by atoms with van der Waals surface area (Å²) >= 11 is 0. The van der Waals surface area contributed by atoms with Gasteiger partial charge >= 0.3 is 6.09 Å². The lowest BCUT2D eigenvalue weighted by Crippen LogP contribution is -2.21. The van der Waals surface area contributed by atoms with E-state index < -0.39 is 6.09 Å². The Morgan fingerprint density at radius 1 is 1.53 bits per heavy atom. The summed E-state index contributed by atoms with van der Waals surface area (Å²) in [4.78, 5) is 10.5. The average molecular weight is 232 g/mol. The third kappa shape index (κ3) is 2.54. The van der Waals surface area contributed by atoms with Gasteiger partial charge in [-0.25, -0.2) is 9.48 Å². The second-order valence-electron chi connectivity index (χ2n) is 3.50. The minimum Gasteiger partial charge on any atom is -0.465 e. The summed E-state index contributed by atoms with van der Waals surface area (Å²) in [5, 5.41) is 15.0. The third-order valence-corrected chi connectivity index (χ3v) is 2.28. The Kier molecular flexibility index (Phi) is 2.95. The van der Waals surface area contributed by atoms with Gasteiger partial charge in [-0.05, 0) is 29.8 Å². The van der Waals surface area contributed by atoms with Crippen molar-refractivity contribution in [3.8, 4) is 5.69 Å². The van der Waals surface area contributed by atoms with Gasteiger partial charge in [0.25, 0.3) is 0 Å². The van der Waals surface area contributed by atoms with E-state index in [0.717, 1.165) is 11.3 Å². The number of nitrogens with zero attached hydrogens (tertiary/aromatic N) is 2. The van der Waals surface area contributed by atoms with Gasteiger partial charge in [-0.1, -0.05) is 0 Å². The van der Waals surface area contributed by atoms with E-state index in [4.69, 9.17) is 10.8 Å². The molecule has 0 saturated carbocycles. The summed E-state index contributed by atoms with van der Waals surface area (Å²) in [7, 11) is 0. The molecule has 1 aromatic heterocycles. The van der Waals surface area contributed by atoms with Crippen molar-refractivity contribution in [2.24, 2.45) is 0 Å². The number of carboxylic acid groups (broad SMARTS) is 1. The van der Waals surface area contributed by atoms with Crippen molar-refractivity contribution in [3.63, 3.8) is 0 Å². The molecular weight excluding hydrogens is 220 g/mol.